The number of hydrogen-bond acceptors (Lipinski definition) is 4. The number of carbonyl (C=O) groups excluding carboxylic acids is 1. The van der Waals surface area contributed by atoms with Crippen LogP contribution < -0.4 is 5.32 Å². The number of amides is 1. The first kappa shape index (κ1) is 13.4. The third-order valence-electron chi connectivity index (χ3n) is 4.52. The molecule has 108 valence electrons. The lowest BCUT2D eigenvalue weighted by atomic mass is 9.89. The molecule has 2 bridgehead atoms. The maximum atomic E-state index is 11.9. The Hall–Kier alpha value is -1.59. The minimum Gasteiger partial charge on any atom is -0.445 e. The van der Waals surface area contributed by atoms with E-state index in [9.17, 15) is 15.0 Å². The summed E-state index contributed by atoms with van der Waals surface area (Å²) < 4.78 is 5.18. The van der Waals surface area contributed by atoms with Gasteiger partial charge in [-0.15, -0.1) is 0 Å². The molecule has 3 N–H and O–H groups in total. The Labute approximate surface area is 117 Å². The zero-order chi connectivity index (χ0) is 14.2. The number of alkyl carbamates (subject to hydrolysis) is 1. The number of nitrogens with one attached hydrogen (secondary N) is 1. The summed E-state index contributed by atoms with van der Waals surface area (Å²) in [7, 11) is 0. The summed E-state index contributed by atoms with van der Waals surface area (Å²) in [5.41, 5.74) is 0.203. The van der Waals surface area contributed by atoms with Crippen molar-refractivity contribution in [2.24, 2.45) is 5.92 Å². The Morgan fingerprint density at radius 3 is 2.75 bits per heavy atom. The molecule has 5 heteroatoms. The molecular weight excluding hydrogens is 258 g/mol. The van der Waals surface area contributed by atoms with Crippen LogP contribution in [-0.2, 0) is 11.3 Å². The van der Waals surface area contributed by atoms with Gasteiger partial charge in [0.2, 0.25) is 0 Å². The van der Waals surface area contributed by atoms with Gasteiger partial charge in [-0.3, -0.25) is 0 Å². The monoisotopic (exact) mass is 277 g/mol. The van der Waals surface area contributed by atoms with E-state index in [0.29, 0.717) is 12.8 Å². The van der Waals surface area contributed by atoms with Gasteiger partial charge in [0, 0.05) is 0 Å². The number of ether oxygens (including phenoxy) is 1. The van der Waals surface area contributed by atoms with Crippen LogP contribution in [0.3, 0.4) is 0 Å². The van der Waals surface area contributed by atoms with Gasteiger partial charge in [0.05, 0.1) is 11.6 Å². The number of fused-ring (bicyclic) bond motifs is 2. The highest BCUT2D eigenvalue weighted by molar-refractivity contribution is 5.68. The molecule has 3 rings (SSSR count). The van der Waals surface area contributed by atoms with Gasteiger partial charge < -0.3 is 20.3 Å². The fraction of sp³-hybridized carbons (Fsp3) is 0.533. The predicted octanol–water partition coefficient (Wildman–Crippen LogP) is 1.19. The van der Waals surface area contributed by atoms with Gasteiger partial charge in [-0.25, -0.2) is 4.79 Å². The second-order valence-electron chi connectivity index (χ2n) is 5.78. The number of benzene rings is 1. The van der Waals surface area contributed by atoms with Crippen molar-refractivity contribution in [2.75, 3.05) is 0 Å². The van der Waals surface area contributed by atoms with Gasteiger partial charge in [0.1, 0.15) is 12.7 Å². The fourth-order valence-corrected chi connectivity index (χ4v) is 3.41. The highest BCUT2D eigenvalue weighted by atomic mass is 16.5. The van der Waals surface area contributed by atoms with E-state index in [2.05, 4.69) is 5.32 Å². The number of aliphatic hydroxyl groups excluding tert-OH is 2. The van der Waals surface area contributed by atoms with Gasteiger partial charge in [0.25, 0.3) is 0 Å². The average molecular weight is 277 g/mol. The van der Waals surface area contributed by atoms with E-state index in [1.54, 1.807) is 0 Å². The zero-order valence-electron chi connectivity index (χ0n) is 11.2. The molecule has 0 radical (unpaired) electrons. The molecule has 2 saturated carbocycles. The molecule has 0 aliphatic heterocycles. The normalized spacial score (nSPS) is 35.0. The van der Waals surface area contributed by atoms with E-state index >= 15 is 0 Å². The molecule has 5 nitrogen and oxygen atoms in total. The fourth-order valence-electron chi connectivity index (χ4n) is 3.41. The maximum Gasteiger partial charge on any atom is 0.407 e. The van der Waals surface area contributed by atoms with Crippen LogP contribution in [0.1, 0.15) is 24.8 Å². The van der Waals surface area contributed by atoms with E-state index in [-0.39, 0.29) is 12.5 Å². The van der Waals surface area contributed by atoms with Crippen molar-refractivity contribution >= 4 is 6.09 Å². The van der Waals surface area contributed by atoms with Crippen molar-refractivity contribution < 1.29 is 19.7 Å². The molecule has 0 aromatic heterocycles. The maximum absolute atomic E-state index is 11.9. The number of hydrogen-bond donors (Lipinski definition) is 3. The van der Waals surface area contributed by atoms with Crippen LogP contribution in [0.2, 0.25) is 0 Å². The minimum atomic E-state index is -0.898. The van der Waals surface area contributed by atoms with Crippen molar-refractivity contribution in [2.45, 2.75) is 43.6 Å². The largest absolute Gasteiger partial charge is 0.445 e. The average Bonchev–Trinajstić information content (AvgIpc) is 2.97. The quantitative estimate of drug-likeness (QED) is 0.775. The van der Waals surface area contributed by atoms with E-state index in [1.165, 1.54) is 0 Å². The molecule has 4 atom stereocenters. The standard InChI is InChI=1S/C15H19NO4/c17-12-11-6-7-15(8-11,13(12)18)16-14(19)20-9-10-4-2-1-3-5-10/h1-5,11-13,17-18H,6-9H2,(H,16,19)/t11?,12-,13-,15?/m0/s1. The van der Waals surface area contributed by atoms with Crippen molar-refractivity contribution in [1.29, 1.82) is 0 Å². The lowest BCUT2D eigenvalue weighted by molar-refractivity contribution is -0.0335. The van der Waals surface area contributed by atoms with E-state index < -0.39 is 23.8 Å². The highest BCUT2D eigenvalue weighted by Gasteiger charge is 2.58. The molecule has 2 fully saturated rings. The first-order valence-corrected chi connectivity index (χ1v) is 6.96. The topological polar surface area (TPSA) is 78.8 Å². The van der Waals surface area contributed by atoms with Gasteiger partial charge >= 0.3 is 6.09 Å². The van der Waals surface area contributed by atoms with Crippen molar-refractivity contribution in [3.63, 3.8) is 0 Å². The number of carbonyl (C=O) groups is 1. The van der Waals surface area contributed by atoms with Crippen molar-refractivity contribution in [3.8, 4) is 0 Å². The van der Waals surface area contributed by atoms with Crippen LogP contribution in [0.15, 0.2) is 30.3 Å². The summed E-state index contributed by atoms with van der Waals surface area (Å²) in [4.78, 5) is 11.9. The van der Waals surface area contributed by atoms with Gasteiger partial charge in [-0.2, -0.15) is 0 Å². The van der Waals surface area contributed by atoms with Crippen LogP contribution in [0.5, 0.6) is 0 Å². The molecule has 1 amide bonds. The first-order chi connectivity index (χ1) is 9.61. The Kier molecular flexibility index (Phi) is 3.40. The number of aliphatic hydroxyl groups is 2. The molecule has 2 aliphatic carbocycles. The second-order valence-corrected chi connectivity index (χ2v) is 5.78. The van der Waals surface area contributed by atoms with Crippen molar-refractivity contribution in [1.82, 2.24) is 5.32 Å². The molecule has 20 heavy (non-hydrogen) atoms. The summed E-state index contributed by atoms with van der Waals surface area (Å²) in [6.45, 7) is 0.199. The van der Waals surface area contributed by atoms with Crippen molar-refractivity contribution in [3.05, 3.63) is 35.9 Å². The molecule has 1 aromatic carbocycles. The summed E-state index contributed by atoms with van der Waals surface area (Å²) in [6.07, 6.45) is -0.0325. The van der Waals surface area contributed by atoms with Gasteiger partial charge in [0.15, 0.2) is 0 Å². The molecular formula is C15H19NO4. The third-order valence-corrected chi connectivity index (χ3v) is 4.52. The summed E-state index contributed by atoms with van der Waals surface area (Å²) in [6, 6.07) is 9.43. The molecule has 0 spiro atoms. The van der Waals surface area contributed by atoms with Crippen LogP contribution in [0, 0.1) is 5.92 Å². The predicted molar refractivity (Wildman–Crippen MR) is 71.8 cm³/mol. The lowest BCUT2D eigenvalue weighted by Gasteiger charge is -2.34. The summed E-state index contributed by atoms with van der Waals surface area (Å²) >= 11 is 0. The highest BCUT2D eigenvalue weighted by Crippen LogP contribution is 2.47. The lowest BCUT2D eigenvalue weighted by Crippen LogP contribution is -2.56. The minimum absolute atomic E-state index is 0.0828. The molecule has 0 saturated heterocycles. The Morgan fingerprint density at radius 1 is 1.35 bits per heavy atom. The summed E-state index contributed by atoms with van der Waals surface area (Å²) in [5.74, 6) is 0.0828. The third kappa shape index (κ3) is 2.27. The van der Waals surface area contributed by atoms with E-state index in [1.807, 2.05) is 30.3 Å². The Morgan fingerprint density at radius 2 is 2.10 bits per heavy atom. The SMILES string of the molecule is O=C(NC12CCC(C1)[C@H](O)[C@@H]2O)OCc1ccccc1. The molecule has 0 heterocycles. The van der Waals surface area contributed by atoms with Crippen LogP contribution in [-0.4, -0.2) is 34.1 Å². The van der Waals surface area contributed by atoms with E-state index in [4.69, 9.17) is 4.74 Å². The van der Waals surface area contributed by atoms with Crippen LogP contribution in [0.4, 0.5) is 4.79 Å². The summed E-state index contributed by atoms with van der Waals surface area (Å²) in [5, 5.41) is 22.6. The molecule has 1 aromatic rings. The van der Waals surface area contributed by atoms with Gasteiger partial charge in [-0.05, 0) is 30.7 Å². The number of rotatable bonds is 3. The van der Waals surface area contributed by atoms with Crippen LogP contribution in [0.25, 0.3) is 0 Å². The Bertz CT molecular complexity index is 492. The molecule has 2 unspecified atom stereocenters. The second kappa shape index (κ2) is 5.07. The van der Waals surface area contributed by atoms with Crippen LogP contribution >= 0.6 is 0 Å². The van der Waals surface area contributed by atoms with E-state index in [0.717, 1.165) is 12.0 Å². The molecule has 2 aliphatic rings. The zero-order valence-corrected chi connectivity index (χ0v) is 11.2. The Balaban J connectivity index is 1.57. The smallest absolute Gasteiger partial charge is 0.407 e. The van der Waals surface area contributed by atoms with Gasteiger partial charge in [-0.1, -0.05) is 30.3 Å². The first-order valence-electron chi connectivity index (χ1n) is 6.96.